The summed E-state index contributed by atoms with van der Waals surface area (Å²) in [5.41, 5.74) is 0.850. The first-order chi connectivity index (χ1) is 9.50. The number of carboxylic acid groups (broad SMARTS) is 1. The third-order valence-electron chi connectivity index (χ3n) is 3.01. The number of rotatable bonds is 5. The van der Waals surface area contributed by atoms with Gasteiger partial charge in [-0.2, -0.15) is 5.10 Å². The molecule has 0 amide bonds. The fourth-order valence-corrected chi connectivity index (χ4v) is 1.95. The zero-order valence-electron chi connectivity index (χ0n) is 11.7. The molecule has 0 atom stereocenters. The van der Waals surface area contributed by atoms with Gasteiger partial charge >= 0.3 is 5.97 Å². The van der Waals surface area contributed by atoms with Gasteiger partial charge in [-0.05, 0) is 32.9 Å². The Hall–Kier alpha value is -2.37. The average Bonchev–Trinajstić information content (AvgIpc) is 2.85. The highest BCUT2D eigenvalue weighted by atomic mass is 16.5. The highest BCUT2D eigenvalue weighted by Crippen LogP contribution is 2.22. The van der Waals surface area contributed by atoms with Crippen molar-refractivity contribution in [3.05, 3.63) is 41.5 Å². The van der Waals surface area contributed by atoms with E-state index in [1.165, 1.54) is 6.33 Å². The van der Waals surface area contributed by atoms with Crippen molar-refractivity contribution < 1.29 is 14.6 Å². The summed E-state index contributed by atoms with van der Waals surface area (Å²) in [4.78, 5) is 15.2. The minimum atomic E-state index is -0.960. The molecule has 6 nitrogen and oxygen atoms in total. The number of aromatic carboxylic acids is 1. The lowest BCUT2D eigenvalue weighted by atomic mass is 10.1. The molecule has 0 radical (unpaired) electrons. The van der Waals surface area contributed by atoms with Crippen LogP contribution in [-0.4, -0.2) is 25.8 Å². The van der Waals surface area contributed by atoms with Gasteiger partial charge in [0, 0.05) is 11.6 Å². The van der Waals surface area contributed by atoms with Gasteiger partial charge in [0.1, 0.15) is 18.7 Å². The highest BCUT2D eigenvalue weighted by molar-refractivity contribution is 5.90. The normalized spacial score (nSPS) is 10.8. The summed E-state index contributed by atoms with van der Waals surface area (Å²) in [6, 6.07) is 5.17. The summed E-state index contributed by atoms with van der Waals surface area (Å²) in [5.74, 6) is 0.293. The molecule has 0 fully saturated rings. The van der Waals surface area contributed by atoms with Gasteiger partial charge < -0.3 is 9.84 Å². The van der Waals surface area contributed by atoms with Gasteiger partial charge in [0.2, 0.25) is 0 Å². The van der Waals surface area contributed by atoms with Crippen LogP contribution in [0.25, 0.3) is 0 Å². The van der Waals surface area contributed by atoms with E-state index in [2.05, 4.69) is 10.1 Å². The van der Waals surface area contributed by atoms with Crippen molar-refractivity contribution in [1.82, 2.24) is 14.8 Å². The average molecular weight is 275 g/mol. The van der Waals surface area contributed by atoms with Crippen LogP contribution in [0.5, 0.6) is 5.75 Å². The Kier molecular flexibility index (Phi) is 4.02. The largest absolute Gasteiger partial charge is 0.485 e. The van der Waals surface area contributed by atoms with Crippen molar-refractivity contribution in [2.75, 3.05) is 0 Å². The lowest BCUT2D eigenvalue weighted by Gasteiger charge is -2.12. The molecule has 1 aromatic carbocycles. The van der Waals surface area contributed by atoms with Gasteiger partial charge in [-0.25, -0.2) is 14.5 Å². The number of hydrogen-bond acceptors (Lipinski definition) is 4. The lowest BCUT2D eigenvalue weighted by molar-refractivity contribution is 0.0695. The Morgan fingerprint density at radius 3 is 2.85 bits per heavy atom. The molecule has 2 rings (SSSR count). The maximum Gasteiger partial charge on any atom is 0.336 e. The molecule has 0 saturated carbocycles. The predicted octanol–water partition coefficient (Wildman–Crippen LogP) is 2.44. The Bertz CT molecular complexity index is 620. The first-order valence-corrected chi connectivity index (χ1v) is 6.34. The van der Waals surface area contributed by atoms with Gasteiger partial charge in [0.05, 0.1) is 5.56 Å². The molecule has 1 heterocycles. The zero-order chi connectivity index (χ0) is 14.7. The van der Waals surface area contributed by atoms with E-state index >= 15 is 0 Å². The number of carbonyl (C=O) groups is 1. The molecule has 2 aromatic rings. The molecule has 0 aliphatic rings. The minimum absolute atomic E-state index is 0.197. The second kappa shape index (κ2) is 5.73. The monoisotopic (exact) mass is 275 g/mol. The quantitative estimate of drug-likeness (QED) is 0.906. The summed E-state index contributed by atoms with van der Waals surface area (Å²) in [7, 11) is 0. The topological polar surface area (TPSA) is 77.2 Å². The van der Waals surface area contributed by atoms with Crippen molar-refractivity contribution in [1.29, 1.82) is 0 Å². The molecule has 0 spiro atoms. The van der Waals surface area contributed by atoms with Gasteiger partial charge in [-0.3, -0.25) is 0 Å². The molecule has 0 aliphatic carbocycles. The smallest absolute Gasteiger partial charge is 0.336 e. The molecule has 1 aromatic heterocycles. The molecule has 0 bridgehead atoms. The van der Waals surface area contributed by atoms with Crippen molar-refractivity contribution in [2.24, 2.45) is 0 Å². The van der Waals surface area contributed by atoms with Crippen LogP contribution >= 0.6 is 0 Å². The van der Waals surface area contributed by atoms with Crippen LogP contribution in [0.2, 0.25) is 0 Å². The summed E-state index contributed by atoms with van der Waals surface area (Å²) >= 11 is 0. The Morgan fingerprint density at radius 1 is 1.45 bits per heavy atom. The highest BCUT2D eigenvalue weighted by Gasteiger charge is 2.13. The summed E-state index contributed by atoms with van der Waals surface area (Å²) < 4.78 is 7.45. The second-order valence-electron chi connectivity index (χ2n) is 4.74. The van der Waals surface area contributed by atoms with Crippen molar-refractivity contribution >= 4 is 5.97 Å². The zero-order valence-corrected chi connectivity index (χ0v) is 11.7. The fraction of sp³-hybridized carbons (Fsp3) is 0.357. The van der Waals surface area contributed by atoms with E-state index < -0.39 is 5.97 Å². The second-order valence-corrected chi connectivity index (χ2v) is 4.74. The number of hydrogen-bond donors (Lipinski definition) is 1. The molecule has 6 heteroatoms. The molecular formula is C14H17N3O3. The SMILES string of the molecule is Cc1c(OCc2ncnn2C(C)C)cccc1C(=O)O. The Morgan fingerprint density at radius 2 is 2.20 bits per heavy atom. The fourth-order valence-electron chi connectivity index (χ4n) is 1.95. The molecule has 106 valence electrons. The van der Waals surface area contributed by atoms with Crippen LogP contribution in [-0.2, 0) is 6.61 Å². The molecule has 0 unspecified atom stereocenters. The van der Waals surface area contributed by atoms with Crippen LogP contribution in [0.3, 0.4) is 0 Å². The van der Waals surface area contributed by atoms with E-state index in [-0.39, 0.29) is 18.2 Å². The van der Waals surface area contributed by atoms with Crippen molar-refractivity contribution in [2.45, 2.75) is 33.4 Å². The molecule has 1 N–H and O–H groups in total. The van der Waals surface area contributed by atoms with E-state index in [0.717, 1.165) is 0 Å². The Labute approximate surface area is 117 Å². The Balaban J connectivity index is 2.17. The standard InChI is InChI=1S/C14H17N3O3/c1-9(2)17-13(15-8-16-17)7-20-12-6-4-5-11(10(12)3)14(18)19/h4-6,8-9H,7H2,1-3H3,(H,18,19). The molecular weight excluding hydrogens is 258 g/mol. The van der Waals surface area contributed by atoms with E-state index in [0.29, 0.717) is 17.1 Å². The summed E-state index contributed by atoms with van der Waals surface area (Å²) in [6.07, 6.45) is 1.49. The first-order valence-electron chi connectivity index (χ1n) is 6.34. The predicted molar refractivity (Wildman–Crippen MR) is 72.9 cm³/mol. The van der Waals surface area contributed by atoms with E-state index in [9.17, 15) is 4.79 Å². The summed E-state index contributed by atoms with van der Waals surface area (Å²) in [5, 5.41) is 13.2. The van der Waals surface area contributed by atoms with Crippen molar-refractivity contribution in [3.8, 4) is 5.75 Å². The number of ether oxygens (including phenoxy) is 1. The van der Waals surface area contributed by atoms with Crippen LogP contribution in [0.4, 0.5) is 0 Å². The number of nitrogens with zero attached hydrogens (tertiary/aromatic N) is 3. The van der Waals surface area contributed by atoms with E-state index in [1.807, 2.05) is 13.8 Å². The number of carboxylic acids is 1. The maximum atomic E-state index is 11.1. The lowest BCUT2D eigenvalue weighted by Crippen LogP contribution is -2.11. The van der Waals surface area contributed by atoms with Gasteiger partial charge in [0.25, 0.3) is 0 Å². The van der Waals surface area contributed by atoms with Crippen LogP contribution in [0.15, 0.2) is 24.5 Å². The minimum Gasteiger partial charge on any atom is -0.485 e. The molecule has 20 heavy (non-hydrogen) atoms. The van der Waals surface area contributed by atoms with E-state index in [1.54, 1.807) is 29.8 Å². The third kappa shape index (κ3) is 2.79. The summed E-state index contributed by atoms with van der Waals surface area (Å²) in [6.45, 7) is 6.00. The van der Waals surface area contributed by atoms with Gasteiger partial charge in [-0.15, -0.1) is 0 Å². The van der Waals surface area contributed by atoms with Crippen molar-refractivity contribution in [3.63, 3.8) is 0 Å². The first kappa shape index (κ1) is 14.0. The molecule has 0 saturated heterocycles. The number of aromatic nitrogens is 3. The molecule has 0 aliphatic heterocycles. The van der Waals surface area contributed by atoms with Crippen LogP contribution in [0, 0.1) is 6.92 Å². The van der Waals surface area contributed by atoms with Crippen LogP contribution < -0.4 is 4.74 Å². The van der Waals surface area contributed by atoms with Gasteiger partial charge in [-0.1, -0.05) is 6.07 Å². The third-order valence-corrected chi connectivity index (χ3v) is 3.01. The van der Waals surface area contributed by atoms with Crippen LogP contribution in [0.1, 0.15) is 41.6 Å². The van der Waals surface area contributed by atoms with Gasteiger partial charge in [0.15, 0.2) is 5.82 Å². The maximum absolute atomic E-state index is 11.1. The number of benzene rings is 1. The van der Waals surface area contributed by atoms with E-state index in [4.69, 9.17) is 9.84 Å².